The Morgan fingerprint density at radius 1 is 0.889 bits per heavy atom. The summed E-state index contributed by atoms with van der Waals surface area (Å²) in [6.45, 7) is 3.31. The maximum absolute atomic E-state index is 2.49. The van der Waals surface area contributed by atoms with Gasteiger partial charge in [0.05, 0.1) is 10.9 Å². The van der Waals surface area contributed by atoms with Gasteiger partial charge in [-0.25, -0.2) is 0 Å². The molecule has 0 fully saturated rings. The van der Waals surface area contributed by atoms with Crippen molar-refractivity contribution in [3.05, 3.63) is 77.9 Å². The van der Waals surface area contributed by atoms with E-state index in [4.69, 9.17) is 0 Å². The van der Waals surface area contributed by atoms with E-state index in [1.165, 1.54) is 51.8 Å². The average Bonchev–Trinajstić information content (AvgIpc) is 3.00. The quantitative estimate of drug-likeness (QED) is 0.502. The lowest BCUT2D eigenvalue weighted by atomic mass is 10.0. The lowest BCUT2D eigenvalue weighted by Crippen LogP contribution is -2.13. The van der Waals surface area contributed by atoms with Crippen LogP contribution in [0.3, 0.4) is 0 Å². The molecule has 0 spiro atoms. The molecule has 3 aromatic rings. The zero-order valence-corrected chi connectivity index (χ0v) is 16.4. The van der Waals surface area contributed by atoms with Crippen molar-refractivity contribution in [3.8, 4) is 0 Å². The van der Waals surface area contributed by atoms with Crippen LogP contribution in [-0.2, 0) is 0 Å². The zero-order chi connectivity index (χ0) is 18.8. The molecule has 0 saturated heterocycles. The van der Waals surface area contributed by atoms with E-state index in [1.807, 2.05) is 0 Å². The van der Waals surface area contributed by atoms with Gasteiger partial charge in [0.2, 0.25) is 11.4 Å². The van der Waals surface area contributed by atoms with Crippen LogP contribution in [0.5, 0.6) is 0 Å². The molecule has 0 N–H and O–H groups in total. The minimum absolute atomic E-state index is 1.06. The summed E-state index contributed by atoms with van der Waals surface area (Å²) in [7, 11) is 4.14. The highest BCUT2D eigenvalue weighted by Crippen LogP contribution is 2.35. The van der Waals surface area contributed by atoms with Crippen LogP contribution in [0.2, 0.25) is 0 Å². The van der Waals surface area contributed by atoms with Crippen LogP contribution in [0.4, 0.5) is 11.4 Å². The Balaban J connectivity index is 1.75. The van der Waals surface area contributed by atoms with E-state index < -0.39 is 0 Å². The molecule has 1 aliphatic heterocycles. The Morgan fingerprint density at radius 2 is 1.63 bits per heavy atom. The van der Waals surface area contributed by atoms with Crippen LogP contribution in [0.15, 0.2) is 66.7 Å². The fourth-order valence-electron chi connectivity index (χ4n) is 3.83. The molecule has 27 heavy (non-hydrogen) atoms. The van der Waals surface area contributed by atoms with Gasteiger partial charge in [0.25, 0.3) is 0 Å². The standard InChI is InChI=1S/C25H27N2/c1-4-5-18-27-23(17-14-19-12-15-21(16-13-19)26(2)3)22-10-6-8-20-9-7-11-24(27)25(20)22/h6-17H,4-5,18H2,1-3H3/q+1. The molecule has 4 rings (SSSR count). The third-order valence-electron chi connectivity index (χ3n) is 5.32. The normalized spacial score (nSPS) is 13.1. The van der Waals surface area contributed by atoms with Crippen molar-refractivity contribution in [2.45, 2.75) is 19.8 Å². The summed E-state index contributed by atoms with van der Waals surface area (Å²) in [6.07, 6.45) is 6.92. The first-order chi connectivity index (χ1) is 13.2. The van der Waals surface area contributed by atoms with E-state index in [0.29, 0.717) is 0 Å². The first-order valence-corrected chi connectivity index (χ1v) is 9.81. The maximum atomic E-state index is 2.49. The predicted molar refractivity (Wildman–Crippen MR) is 118 cm³/mol. The highest BCUT2D eigenvalue weighted by Gasteiger charge is 2.29. The Morgan fingerprint density at radius 3 is 2.33 bits per heavy atom. The van der Waals surface area contributed by atoms with Crippen LogP contribution in [0, 0.1) is 0 Å². The molecule has 0 unspecified atom stereocenters. The monoisotopic (exact) mass is 355 g/mol. The van der Waals surface area contributed by atoms with Gasteiger partial charge in [-0.1, -0.05) is 49.7 Å². The highest BCUT2D eigenvalue weighted by molar-refractivity contribution is 6.20. The Bertz CT molecular complexity index is 1020. The van der Waals surface area contributed by atoms with Gasteiger partial charge in [0.1, 0.15) is 6.54 Å². The van der Waals surface area contributed by atoms with Gasteiger partial charge < -0.3 is 4.90 Å². The third-order valence-corrected chi connectivity index (χ3v) is 5.32. The summed E-state index contributed by atoms with van der Waals surface area (Å²) in [5, 5.41) is 2.71. The molecule has 0 bridgehead atoms. The highest BCUT2D eigenvalue weighted by atomic mass is 15.1. The van der Waals surface area contributed by atoms with E-state index in [2.05, 4.69) is 103 Å². The van der Waals surface area contributed by atoms with Crippen molar-refractivity contribution < 1.29 is 4.58 Å². The molecule has 1 aliphatic rings. The molecule has 0 atom stereocenters. The first kappa shape index (κ1) is 17.5. The van der Waals surface area contributed by atoms with Crippen LogP contribution in [0.1, 0.15) is 30.9 Å². The Hall–Kier alpha value is -2.87. The van der Waals surface area contributed by atoms with Crippen LogP contribution in [-0.4, -0.2) is 30.9 Å². The van der Waals surface area contributed by atoms with E-state index in [-0.39, 0.29) is 0 Å². The number of unbranched alkanes of at least 4 members (excludes halogenated alkanes) is 1. The summed E-state index contributed by atoms with van der Waals surface area (Å²) in [6, 6.07) is 22.0. The molecular formula is C25H27N2+. The average molecular weight is 356 g/mol. The third kappa shape index (κ3) is 3.28. The fourth-order valence-corrected chi connectivity index (χ4v) is 3.83. The molecule has 2 heteroatoms. The van der Waals surface area contributed by atoms with E-state index in [1.54, 1.807) is 0 Å². The molecule has 0 aliphatic carbocycles. The number of hydrogen-bond acceptors (Lipinski definition) is 1. The molecule has 0 saturated carbocycles. The molecule has 2 nitrogen and oxygen atoms in total. The Kier molecular flexibility index (Phi) is 4.81. The van der Waals surface area contributed by atoms with Crippen LogP contribution < -0.4 is 4.90 Å². The van der Waals surface area contributed by atoms with Crippen LogP contribution in [0.25, 0.3) is 16.8 Å². The molecule has 0 amide bonds. The molecular weight excluding hydrogens is 328 g/mol. The Labute approximate surface area is 162 Å². The summed E-state index contributed by atoms with van der Waals surface area (Å²) >= 11 is 0. The van der Waals surface area contributed by atoms with Gasteiger partial charge in [0, 0.05) is 38.3 Å². The number of anilines is 1. The largest absolute Gasteiger partial charge is 0.378 e. The fraction of sp³-hybridized carbons (Fsp3) is 0.240. The molecule has 0 aromatic heterocycles. The van der Waals surface area contributed by atoms with Crippen molar-refractivity contribution in [2.75, 3.05) is 25.5 Å². The van der Waals surface area contributed by atoms with Crippen molar-refractivity contribution in [2.24, 2.45) is 0 Å². The lowest BCUT2D eigenvalue weighted by molar-refractivity contribution is -0.436. The second kappa shape index (κ2) is 7.40. The van der Waals surface area contributed by atoms with Gasteiger partial charge in [-0.05, 0) is 35.2 Å². The minimum atomic E-state index is 1.06. The molecule has 0 radical (unpaired) electrons. The lowest BCUT2D eigenvalue weighted by Gasteiger charge is -2.11. The number of hydrogen-bond donors (Lipinski definition) is 0. The second-order valence-corrected chi connectivity index (χ2v) is 7.39. The number of rotatable bonds is 6. The molecule has 1 heterocycles. The summed E-state index contributed by atoms with van der Waals surface area (Å²) in [5.41, 5.74) is 6.46. The van der Waals surface area contributed by atoms with Crippen molar-refractivity contribution >= 4 is 33.9 Å². The van der Waals surface area contributed by atoms with Crippen molar-refractivity contribution in [3.63, 3.8) is 0 Å². The summed E-state index contributed by atoms with van der Waals surface area (Å²) < 4.78 is 2.49. The zero-order valence-electron chi connectivity index (χ0n) is 16.4. The smallest absolute Gasteiger partial charge is 0.214 e. The van der Waals surface area contributed by atoms with Gasteiger partial charge in [0.15, 0.2) is 0 Å². The van der Waals surface area contributed by atoms with Gasteiger partial charge in [-0.2, -0.15) is 4.58 Å². The van der Waals surface area contributed by atoms with Crippen LogP contribution >= 0.6 is 0 Å². The summed E-state index contributed by atoms with van der Waals surface area (Å²) in [5.74, 6) is 0. The van der Waals surface area contributed by atoms with Gasteiger partial charge in [-0.3, -0.25) is 0 Å². The van der Waals surface area contributed by atoms with E-state index in [9.17, 15) is 0 Å². The van der Waals surface area contributed by atoms with E-state index >= 15 is 0 Å². The molecule has 136 valence electrons. The first-order valence-electron chi connectivity index (χ1n) is 9.81. The van der Waals surface area contributed by atoms with Crippen molar-refractivity contribution in [1.29, 1.82) is 0 Å². The topological polar surface area (TPSA) is 6.25 Å². The van der Waals surface area contributed by atoms with Gasteiger partial charge >= 0.3 is 0 Å². The SMILES string of the molecule is CCCC[N+]1=C(C=Cc2ccc(N(C)C)cc2)c2cccc3cccc1c23. The second-order valence-electron chi connectivity index (χ2n) is 7.39. The minimum Gasteiger partial charge on any atom is -0.378 e. The van der Waals surface area contributed by atoms with E-state index in [0.717, 1.165) is 6.54 Å². The van der Waals surface area contributed by atoms with Crippen molar-refractivity contribution in [1.82, 2.24) is 0 Å². The number of benzene rings is 3. The number of allylic oxidation sites excluding steroid dienone is 1. The predicted octanol–water partition coefficient (Wildman–Crippen LogP) is 5.87. The molecule has 3 aromatic carbocycles. The number of nitrogens with zero attached hydrogens (tertiary/aromatic N) is 2. The van der Waals surface area contributed by atoms with Gasteiger partial charge in [-0.15, -0.1) is 0 Å². The summed E-state index contributed by atoms with van der Waals surface area (Å²) in [4.78, 5) is 2.13. The maximum Gasteiger partial charge on any atom is 0.214 e.